The molecule has 0 aromatic heterocycles. The van der Waals surface area contributed by atoms with Gasteiger partial charge in [-0.2, -0.15) is 0 Å². The maximum absolute atomic E-state index is 5.64. The molecular formula is C28H34O11. The Morgan fingerprint density at radius 1 is 0.590 bits per heavy atom. The van der Waals surface area contributed by atoms with Crippen molar-refractivity contribution in [2.75, 3.05) is 39.6 Å². The van der Waals surface area contributed by atoms with E-state index in [0.29, 0.717) is 56.1 Å². The molecule has 39 heavy (non-hydrogen) atoms. The van der Waals surface area contributed by atoms with Gasteiger partial charge in [0.1, 0.15) is 55.6 Å². The summed E-state index contributed by atoms with van der Waals surface area (Å²) in [6.45, 7) is 17.0. The molecule has 0 saturated carbocycles. The Hall–Kier alpha value is -2.90. The van der Waals surface area contributed by atoms with Crippen molar-refractivity contribution in [3.8, 4) is 0 Å². The fourth-order valence-corrected chi connectivity index (χ4v) is 4.30. The van der Waals surface area contributed by atoms with Gasteiger partial charge in [-0.05, 0) is 18.4 Å². The molecule has 11 nitrogen and oxygen atoms in total. The number of rotatable bonds is 1. The van der Waals surface area contributed by atoms with Crippen molar-refractivity contribution in [1.29, 1.82) is 0 Å². The number of ether oxygens (including phenoxy) is 11. The first-order chi connectivity index (χ1) is 18.8. The predicted octanol–water partition coefficient (Wildman–Crippen LogP) is 4.46. The number of hydrogen-bond acceptors (Lipinski definition) is 11. The Kier molecular flexibility index (Phi) is 8.29. The van der Waals surface area contributed by atoms with Gasteiger partial charge in [0.25, 0.3) is 0 Å². The fourth-order valence-electron chi connectivity index (χ4n) is 4.30. The monoisotopic (exact) mass is 546 g/mol. The minimum atomic E-state index is -1.37. The summed E-state index contributed by atoms with van der Waals surface area (Å²) in [5.41, 5.74) is 1.05. The van der Waals surface area contributed by atoms with Crippen LogP contribution in [0, 0.1) is 0 Å². The van der Waals surface area contributed by atoms with Gasteiger partial charge in [0, 0.05) is 6.42 Å². The molecule has 0 bridgehead atoms. The van der Waals surface area contributed by atoms with Gasteiger partial charge in [-0.3, -0.25) is 23.7 Å². The van der Waals surface area contributed by atoms with E-state index in [1.54, 1.807) is 0 Å². The molecule has 3 atom stereocenters. The summed E-state index contributed by atoms with van der Waals surface area (Å²) in [5.74, 6) is 1.43. The van der Waals surface area contributed by atoms with Gasteiger partial charge in [-0.25, -0.2) is 0 Å². The Balaban J connectivity index is 0.000000121. The molecule has 3 spiro atoms. The first-order valence-corrected chi connectivity index (χ1v) is 12.8. The van der Waals surface area contributed by atoms with E-state index in [0.717, 1.165) is 31.4 Å². The van der Waals surface area contributed by atoms with Gasteiger partial charge in [-0.15, -0.1) is 0 Å². The van der Waals surface area contributed by atoms with Crippen molar-refractivity contribution in [1.82, 2.24) is 0 Å². The predicted molar refractivity (Wildman–Crippen MR) is 134 cm³/mol. The van der Waals surface area contributed by atoms with E-state index in [2.05, 4.69) is 26.3 Å². The summed E-state index contributed by atoms with van der Waals surface area (Å²) in [4.78, 5) is 0. The number of benzene rings is 1. The highest BCUT2D eigenvalue weighted by Crippen LogP contribution is 2.39. The van der Waals surface area contributed by atoms with Crippen molar-refractivity contribution in [3.63, 3.8) is 0 Å². The van der Waals surface area contributed by atoms with Crippen LogP contribution in [0.25, 0.3) is 0 Å². The molecule has 0 aliphatic carbocycles. The lowest BCUT2D eigenvalue weighted by atomic mass is 10.1. The third-order valence-electron chi connectivity index (χ3n) is 6.11. The summed E-state index contributed by atoms with van der Waals surface area (Å²) >= 11 is 0. The molecule has 6 aliphatic rings. The number of hydrogen-bond donors (Lipinski definition) is 0. The quantitative estimate of drug-likeness (QED) is 0.499. The second kappa shape index (κ2) is 11.7. The first kappa shape index (κ1) is 27.7. The SMILES string of the molecule is C=C1COC2(CCCCCO2)O1.C=C1COC2(OCC(=C)O2)O1.C=C1COC2(OCC(c3ccccc3)O2)O1. The lowest BCUT2D eigenvalue weighted by Gasteiger charge is -2.24. The second-order valence-electron chi connectivity index (χ2n) is 9.39. The largest absolute Gasteiger partial charge is 0.510 e. The molecule has 6 aliphatic heterocycles. The molecular weight excluding hydrogens is 512 g/mol. The van der Waals surface area contributed by atoms with Crippen LogP contribution in [0.2, 0.25) is 0 Å². The third-order valence-corrected chi connectivity index (χ3v) is 6.11. The van der Waals surface area contributed by atoms with E-state index < -0.39 is 18.3 Å². The molecule has 1 aromatic rings. The lowest BCUT2D eigenvalue weighted by molar-refractivity contribution is -0.422. The summed E-state index contributed by atoms with van der Waals surface area (Å²) in [6, 6.07) is 9.84. The van der Waals surface area contributed by atoms with E-state index in [1.807, 2.05) is 30.3 Å². The molecule has 6 saturated heterocycles. The van der Waals surface area contributed by atoms with Crippen LogP contribution in [-0.2, 0) is 52.1 Å². The summed E-state index contributed by atoms with van der Waals surface area (Å²) in [7, 11) is 0. The van der Waals surface area contributed by atoms with E-state index >= 15 is 0 Å². The standard InChI is InChI=1S/C12H12O4.C9H14O3.C7H8O4/c1-9-7-13-12(15-9)14-8-11(16-12)10-5-3-2-4-6-10;1-8-7-11-9(12-8)5-3-2-4-6-10-9;1-5-3-8-7(10-5)9-4-6(2)11-7/h2-6,11H,1,7-8H2;1-7H2;1-4H2. The Morgan fingerprint density at radius 2 is 1.18 bits per heavy atom. The van der Waals surface area contributed by atoms with E-state index in [1.165, 1.54) is 6.42 Å². The molecule has 7 rings (SSSR count). The maximum Gasteiger partial charge on any atom is 0.510 e. The van der Waals surface area contributed by atoms with Crippen LogP contribution in [0.4, 0.5) is 0 Å². The highest BCUT2D eigenvalue weighted by atomic mass is 17.1. The van der Waals surface area contributed by atoms with Crippen molar-refractivity contribution >= 4 is 0 Å². The van der Waals surface area contributed by atoms with Gasteiger partial charge >= 0.3 is 18.3 Å². The van der Waals surface area contributed by atoms with Crippen molar-refractivity contribution in [2.45, 2.75) is 50.1 Å². The smallest absolute Gasteiger partial charge is 0.442 e. The fraction of sp³-hybridized carbons (Fsp3) is 0.500. The van der Waals surface area contributed by atoms with Crippen LogP contribution in [0.1, 0.15) is 37.4 Å². The third kappa shape index (κ3) is 6.82. The van der Waals surface area contributed by atoms with Gasteiger partial charge < -0.3 is 28.4 Å². The topological polar surface area (TPSA) is 102 Å². The molecule has 1 aromatic carbocycles. The van der Waals surface area contributed by atoms with Gasteiger partial charge in [0.2, 0.25) is 0 Å². The minimum absolute atomic E-state index is 0.160. The molecule has 3 unspecified atom stereocenters. The molecule has 6 fully saturated rings. The van der Waals surface area contributed by atoms with E-state index in [9.17, 15) is 0 Å². The van der Waals surface area contributed by atoms with Crippen molar-refractivity contribution in [3.05, 3.63) is 85.2 Å². The average molecular weight is 547 g/mol. The van der Waals surface area contributed by atoms with Crippen LogP contribution in [-0.4, -0.2) is 57.9 Å². The minimum Gasteiger partial charge on any atom is -0.442 e. The van der Waals surface area contributed by atoms with Gasteiger partial charge in [0.05, 0.1) is 13.2 Å². The zero-order valence-corrected chi connectivity index (χ0v) is 21.9. The highest BCUT2D eigenvalue weighted by Gasteiger charge is 2.51. The van der Waals surface area contributed by atoms with Crippen molar-refractivity contribution < 1.29 is 52.1 Å². The summed E-state index contributed by atoms with van der Waals surface area (Å²) in [6.07, 6.45) is 1.33. The van der Waals surface area contributed by atoms with Crippen molar-refractivity contribution in [2.24, 2.45) is 0 Å². The lowest BCUT2D eigenvalue weighted by Crippen LogP contribution is -2.32. The van der Waals surface area contributed by atoms with Crippen LogP contribution in [0.5, 0.6) is 0 Å². The van der Waals surface area contributed by atoms with Crippen LogP contribution in [0.15, 0.2) is 79.7 Å². The highest BCUT2D eigenvalue weighted by molar-refractivity contribution is 5.18. The van der Waals surface area contributed by atoms with Crippen LogP contribution in [0.3, 0.4) is 0 Å². The Bertz CT molecular complexity index is 1040. The van der Waals surface area contributed by atoms with Gasteiger partial charge in [-0.1, -0.05) is 63.1 Å². The zero-order valence-electron chi connectivity index (χ0n) is 21.9. The molecule has 0 N–H and O–H groups in total. The van der Waals surface area contributed by atoms with Crippen LogP contribution >= 0.6 is 0 Å². The van der Waals surface area contributed by atoms with E-state index in [4.69, 9.17) is 52.1 Å². The normalized spacial score (nSPS) is 32.6. The van der Waals surface area contributed by atoms with Crippen LogP contribution < -0.4 is 0 Å². The molecule has 0 amide bonds. The molecule has 212 valence electrons. The summed E-state index contributed by atoms with van der Waals surface area (Å²) < 4.78 is 58.3. The second-order valence-corrected chi connectivity index (χ2v) is 9.39. The van der Waals surface area contributed by atoms with E-state index in [-0.39, 0.29) is 6.10 Å². The Morgan fingerprint density at radius 3 is 1.74 bits per heavy atom. The molecule has 6 heterocycles. The molecule has 0 radical (unpaired) electrons. The van der Waals surface area contributed by atoms with Gasteiger partial charge in [0.15, 0.2) is 0 Å². The molecule has 11 heteroatoms. The Labute approximate surface area is 227 Å². The summed E-state index contributed by atoms with van der Waals surface area (Å²) in [5, 5.41) is 0. The first-order valence-electron chi connectivity index (χ1n) is 12.8. The zero-order chi connectivity index (χ0) is 27.3. The average Bonchev–Trinajstić information content (AvgIpc) is 3.73. The maximum atomic E-state index is 5.64.